The number of benzene rings is 2. The molecule has 1 aliphatic rings. The van der Waals surface area contributed by atoms with E-state index in [1.165, 1.54) is 22.8 Å². The maximum Gasteiger partial charge on any atom is 0.262 e. The first-order valence-electron chi connectivity index (χ1n) is 12.2. The van der Waals surface area contributed by atoms with Gasteiger partial charge in [0.05, 0.1) is 15.9 Å². The van der Waals surface area contributed by atoms with Crippen LogP contribution in [0.15, 0.2) is 41.2 Å². The number of hydrogen-bond acceptors (Lipinski definition) is 5. The Labute approximate surface area is 215 Å². The molecule has 4 rings (SSSR count). The fraction of sp³-hybridized carbons (Fsp3) is 0.444. The van der Waals surface area contributed by atoms with E-state index in [4.69, 9.17) is 16.6 Å². The van der Waals surface area contributed by atoms with E-state index in [-0.39, 0.29) is 40.3 Å². The summed E-state index contributed by atoms with van der Waals surface area (Å²) < 4.78 is 15.2. The second-order valence-corrected chi connectivity index (χ2v) is 11.1. The van der Waals surface area contributed by atoms with Crippen molar-refractivity contribution < 1.29 is 9.18 Å². The van der Waals surface area contributed by atoms with Crippen LogP contribution in [-0.4, -0.2) is 59.6 Å². The summed E-state index contributed by atoms with van der Waals surface area (Å²) in [7, 11) is 2.12. The molecule has 36 heavy (non-hydrogen) atoms. The lowest BCUT2D eigenvalue weighted by Gasteiger charge is -2.31. The van der Waals surface area contributed by atoms with Crippen LogP contribution in [0.25, 0.3) is 22.3 Å². The second-order valence-electron chi connectivity index (χ2n) is 10.7. The third kappa shape index (κ3) is 5.71. The zero-order chi connectivity index (χ0) is 26.2. The van der Waals surface area contributed by atoms with Crippen molar-refractivity contribution in [1.82, 2.24) is 19.8 Å². The number of nitrogens with zero attached hydrogens (tertiary/aromatic N) is 4. The minimum atomic E-state index is -0.566. The Morgan fingerprint density at radius 1 is 1.17 bits per heavy atom. The Morgan fingerprint density at radius 2 is 1.92 bits per heavy atom. The van der Waals surface area contributed by atoms with Crippen molar-refractivity contribution in [2.45, 2.75) is 40.3 Å². The Morgan fingerprint density at radius 3 is 2.61 bits per heavy atom. The monoisotopic (exact) mass is 513 g/mol. The number of anilines is 1. The van der Waals surface area contributed by atoms with Gasteiger partial charge in [-0.2, -0.15) is 0 Å². The van der Waals surface area contributed by atoms with E-state index >= 15 is 0 Å². The van der Waals surface area contributed by atoms with Gasteiger partial charge in [0.25, 0.3) is 5.56 Å². The third-order valence-electron chi connectivity index (χ3n) is 6.30. The average molecular weight is 514 g/mol. The van der Waals surface area contributed by atoms with Crippen LogP contribution in [0.4, 0.5) is 10.1 Å². The van der Waals surface area contributed by atoms with E-state index in [2.05, 4.69) is 36.0 Å². The second kappa shape index (κ2) is 10.2. The summed E-state index contributed by atoms with van der Waals surface area (Å²) in [6, 6.07) is 9.76. The molecule has 0 aliphatic carbocycles. The number of halogens is 2. The first-order valence-corrected chi connectivity index (χ1v) is 12.5. The molecule has 1 saturated heterocycles. The summed E-state index contributed by atoms with van der Waals surface area (Å²) in [5.74, 6) is -0.613. The molecular formula is C27H33ClFN5O2. The molecule has 0 radical (unpaired) electrons. The topological polar surface area (TPSA) is 70.5 Å². The number of fused-ring (bicyclic) bond motifs is 1. The van der Waals surface area contributed by atoms with Gasteiger partial charge in [-0.1, -0.05) is 25.4 Å². The van der Waals surface area contributed by atoms with Crippen molar-refractivity contribution in [3.05, 3.63) is 57.6 Å². The molecule has 2 heterocycles. The SMILES string of the molecule is CC(C)NC(=O)Cn1c(-c2ccc(F)c(Cl)c2)nc2ccc(N3CCN(C)CC(C)(C)C3)cc2c1=O. The summed E-state index contributed by atoms with van der Waals surface area (Å²) in [4.78, 5) is 35.8. The summed E-state index contributed by atoms with van der Waals surface area (Å²) >= 11 is 6.02. The molecule has 1 amide bonds. The molecule has 1 aromatic heterocycles. The molecule has 9 heteroatoms. The smallest absolute Gasteiger partial charge is 0.262 e. The van der Waals surface area contributed by atoms with Crippen LogP contribution < -0.4 is 15.8 Å². The van der Waals surface area contributed by atoms with E-state index < -0.39 is 5.82 Å². The molecule has 0 spiro atoms. The van der Waals surface area contributed by atoms with Gasteiger partial charge in [0.2, 0.25) is 5.91 Å². The molecule has 3 aromatic rings. The predicted molar refractivity (Wildman–Crippen MR) is 143 cm³/mol. The van der Waals surface area contributed by atoms with Gasteiger partial charge in [-0.05, 0) is 62.7 Å². The predicted octanol–water partition coefficient (Wildman–Crippen LogP) is 4.16. The molecule has 192 valence electrons. The van der Waals surface area contributed by atoms with E-state index in [9.17, 15) is 14.0 Å². The molecule has 0 unspecified atom stereocenters. The molecule has 7 nitrogen and oxygen atoms in total. The Hall–Kier alpha value is -2.97. The van der Waals surface area contributed by atoms with Crippen molar-refractivity contribution in [2.75, 3.05) is 38.1 Å². The minimum Gasteiger partial charge on any atom is -0.370 e. The molecule has 0 saturated carbocycles. The quantitative estimate of drug-likeness (QED) is 0.555. The number of nitrogens with one attached hydrogen (secondary N) is 1. The van der Waals surface area contributed by atoms with E-state index in [1.807, 2.05) is 32.0 Å². The zero-order valence-electron chi connectivity index (χ0n) is 21.4. The molecule has 0 bridgehead atoms. The summed E-state index contributed by atoms with van der Waals surface area (Å²) in [6.45, 7) is 11.6. The first kappa shape index (κ1) is 26.1. The standard InChI is InChI=1S/C27H33ClFN5O2/c1-17(2)30-24(35)14-34-25(18-6-8-22(29)21(28)12-18)31-23-9-7-19(13-20(23)26(34)36)33-11-10-32(5)15-27(3,4)16-33/h6-9,12-13,17H,10-11,14-16H2,1-5H3,(H,30,35). The third-order valence-corrected chi connectivity index (χ3v) is 6.59. The maximum atomic E-state index is 13.8. The lowest BCUT2D eigenvalue weighted by Crippen LogP contribution is -2.37. The number of carbonyl (C=O) groups is 1. The number of rotatable bonds is 5. The van der Waals surface area contributed by atoms with Crippen molar-refractivity contribution in [1.29, 1.82) is 0 Å². The molecule has 2 aromatic carbocycles. The van der Waals surface area contributed by atoms with E-state index in [0.717, 1.165) is 31.9 Å². The molecular weight excluding hydrogens is 481 g/mol. The molecule has 1 aliphatic heterocycles. The Balaban J connectivity index is 1.84. The molecule has 1 fully saturated rings. The van der Waals surface area contributed by atoms with E-state index in [1.54, 1.807) is 0 Å². The van der Waals surface area contributed by atoms with E-state index in [0.29, 0.717) is 16.5 Å². The van der Waals surface area contributed by atoms with Gasteiger partial charge in [-0.3, -0.25) is 14.2 Å². The van der Waals surface area contributed by atoms with Gasteiger partial charge in [0.1, 0.15) is 18.2 Å². The summed E-state index contributed by atoms with van der Waals surface area (Å²) in [5.41, 5.74) is 1.66. The molecule has 1 N–H and O–H groups in total. The molecule has 0 atom stereocenters. The summed E-state index contributed by atoms with van der Waals surface area (Å²) in [6.07, 6.45) is 0. The average Bonchev–Trinajstić information content (AvgIpc) is 2.93. The van der Waals surface area contributed by atoms with Crippen LogP contribution >= 0.6 is 11.6 Å². The number of amides is 1. The highest BCUT2D eigenvalue weighted by atomic mass is 35.5. The highest BCUT2D eigenvalue weighted by Gasteiger charge is 2.28. The Kier molecular flexibility index (Phi) is 7.38. The van der Waals surface area contributed by atoms with Crippen LogP contribution in [-0.2, 0) is 11.3 Å². The van der Waals surface area contributed by atoms with Gasteiger partial charge in [-0.25, -0.2) is 9.37 Å². The maximum absolute atomic E-state index is 13.8. The van der Waals surface area contributed by atoms with Crippen LogP contribution in [0.2, 0.25) is 5.02 Å². The number of likely N-dealkylation sites (N-methyl/N-ethyl adjacent to an activating group) is 1. The van der Waals surface area contributed by atoms with Crippen LogP contribution in [0.5, 0.6) is 0 Å². The van der Waals surface area contributed by atoms with Crippen LogP contribution in [0.1, 0.15) is 27.7 Å². The highest BCUT2D eigenvalue weighted by molar-refractivity contribution is 6.31. The lowest BCUT2D eigenvalue weighted by molar-refractivity contribution is -0.122. The lowest BCUT2D eigenvalue weighted by atomic mass is 9.92. The highest BCUT2D eigenvalue weighted by Crippen LogP contribution is 2.29. The Bertz CT molecular complexity index is 1350. The normalized spacial score (nSPS) is 16.4. The fourth-order valence-corrected chi connectivity index (χ4v) is 5.07. The summed E-state index contributed by atoms with van der Waals surface area (Å²) in [5, 5.41) is 3.17. The van der Waals surface area contributed by atoms with Gasteiger partial charge in [0.15, 0.2) is 0 Å². The van der Waals surface area contributed by atoms with Gasteiger partial charge < -0.3 is 15.1 Å². The van der Waals surface area contributed by atoms with Crippen molar-refractivity contribution in [3.63, 3.8) is 0 Å². The van der Waals surface area contributed by atoms with Crippen molar-refractivity contribution >= 4 is 34.1 Å². The largest absolute Gasteiger partial charge is 0.370 e. The van der Waals surface area contributed by atoms with Crippen molar-refractivity contribution in [3.8, 4) is 11.4 Å². The fourth-order valence-electron chi connectivity index (χ4n) is 4.89. The van der Waals surface area contributed by atoms with Gasteiger partial charge in [0, 0.05) is 43.5 Å². The van der Waals surface area contributed by atoms with Crippen LogP contribution in [0.3, 0.4) is 0 Å². The van der Waals surface area contributed by atoms with Gasteiger partial charge >= 0.3 is 0 Å². The zero-order valence-corrected chi connectivity index (χ0v) is 22.2. The minimum absolute atomic E-state index is 0.0795. The van der Waals surface area contributed by atoms with Crippen LogP contribution in [0, 0.1) is 11.2 Å². The number of hydrogen-bond donors (Lipinski definition) is 1. The number of carbonyl (C=O) groups excluding carboxylic acids is 1. The van der Waals surface area contributed by atoms with Crippen molar-refractivity contribution in [2.24, 2.45) is 5.41 Å². The first-order chi connectivity index (χ1) is 16.9. The van der Waals surface area contributed by atoms with Gasteiger partial charge in [-0.15, -0.1) is 0 Å². The number of aromatic nitrogens is 2.